The maximum atomic E-state index is 13.0. The van der Waals surface area contributed by atoms with Crippen molar-refractivity contribution in [2.45, 2.75) is 31.5 Å². The van der Waals surface area contributed by atoms with Crippen LogP contribution in [0.2, 0.25) is 0 Å². The Morgan fingerprint density at radius 1 is 1.06 bits per heavy atom. The second-order valence-corrected chi connectivity index (χ2v) is 9.01. The fourth-order valence-corrected chi connectivity index (χ4v) is 4.71. The number of alkyl halides is 3. The summed E-state index contributed by atoms with van der Waals surface area (Å²) in [5.74, 6) is 0.607. The van der Waals surface area contributed by atoms with Crippen LogP contribution in [0.25, 0.3) is 11.2 Å². The molecule has 0 aliphatic carbocycles. The fourth-order valence-electron chi connectivity index (χ4n) is 4.71. The maximum absolute atomic E-state index is 13.0. The Balaban J connectivity index is 1.19. The third-order valence-corrected chi connectivity index (χ3v) is 6.72. The van der Waals surface area contributed by atoms with Gasteiger partial charge in [0.2, 0.25) is 0 Å². The Bertz CT molecular complexity index is 1150. The molecule has 1 amide bonds. The molecule has 0 unspecified atom stereocenters. The van der Waals surface area contributed by atoms with Gasteiger partial charge in [-0.05, 0) is 61.2 Å². The number of piperazine rings is 1. The number of carbonyl (C=O) groups is 1. The monoisotopic (exact) mass is 472 g/mol. The summed E-state index contributed by atoms with van der Waals surface area (Å²) in [5.41, 5.74) is 2.67. The fraction of sp³-hybridized carbons (Fsp3) is 0.458. The molecule has 10 heteroatoms. The number of H-pyrrole nitrogens is 1. The second kappa shape index (κ2) is 9.34. The largest absolute Gasteiger partial charge is 0.416 e. The average molecular weight is 473 g/mol. The van der Waals surface area contributed by atoms with E-state index in [9.17, 15) is 18.0 Å². The topological polar surface area (TPSA) is 77.1 Å². The van der Waals surface area contributed by atoms with E-state index in [4.69, 9.17) is 0 Å². The Kier molecular flexibility index (Phi) is 6.26. The van der Waals surface area contributed by atoms with E-state index in [2.05, 4.69) is 31.2 Å². The van der Waals surface area contributed by atoms with Gasteiger partial charge in [0.15, 0.2) is 11.5 Å². The van der Waals surface area contributed by atoms with Crippen molar-refractivity contribution in [2.24, 2.45) is 0 Å². The summed E-state index contributed by atoms with van der Waals surface area (Å²) in [7, 11) is 0. The van der Waals surface area contributed by atoms with Crippen molar-refractivity contribution in [3.05, 3.63) is 59.0 Å². The molecule has 0 radical (unpaired) electrons. The molecule has 2 fully saturated rings. The molecule has 4 heterocycles. The summed E-state index contributed by atoms with van der Waals surface area (Å²) in [5, 5.41) is 3.37. The van der Waals surface area contributed by atoms with Gasteiger partial charge in [-0.25, -0.2) is 9.97 Å². The van der Waals surface area contributed by atoms with Gasteiger partial charge < -0.3 is 15.2 Å². The molecule has 0 atom stereocenters. The molecule has 34 heavy (non-hydrogen) atoms. The van der Waals surface area contributed by atoms with Gasteiger partial charge in [-0.15, -0.1) is 0 Å². The van der Waals surface area contributed by atoms with E-state index >= 15 is 0 Å². The normalized spacial score (nSPS) is 18.5. The van der Waals surface area contributed by atoms with Crippen LogP contribution in [-0.2, 0) is 12.7 Å². The van der Waals surface area contributed by atoms with Crippen molar-refractivity contribution in [2.75, 3.05) is 39.3 Å². The lowest BCUT2D eigenvalue weighted by Gasteiger charge is -2.34. The quantitative estimate of drug-likeness (QED) is 0.609. The minimum atomic E-state index is -4.33. The molecular weight excluding hydrogens is 445 g/mol. The molecule has 0 saturated carbocycles. The lowest BCUT2D eigenvalue weighted by Crippen LogP contribution is -2.48. The highest BCUT2D eigenvalue weighted by molar-refractivity contribution is 5.93. The van der Waals surface area contributed by atoms with Crippen molar-refractivity contribution >= 4 is 17.1 Å². The number of hydrogen-bond donors (Lipinski definition) is 2. The van der Waals surface area contributed by atoms with Crippen LogP contribution in [0.3, 0.4) is 0 Å². The lowest BCUT2D eigenvalue weighted by atomic mass is 9.91. The zero-order chi connectivity index (χ0) is 23.7. The number of hydrogen-bond acceptors (Lipinski definition) is 5. The first-order valence-electron chi connectivity index (χ1n) is 11.6. The summed E-state index contributed by atoms with van der Waals surface area (Å²) in [6.45, 7) is 4.90. The van der Waals surface area contributed by atoms with Gasteiger partial charge in [-0.1, -0.05) is 12.1 Å². The highest BCUT2D eigenvalue weighted by Crippen LogP contribution is 2.29. The van der Waals surface area contributed by atoms with Gasteiger partial charge in [0.05, 0.1) is 11.1 Å². The highest BCUT2D eigenvalue weighted by atomic mass is 19.4. The first-order chi connectivity index (χ1) is 16.4. The van der Waals surface area contributed by atoms with Crippen molar-refractivity contribution in [1.82, 2.24) is 30.1 Å². The van der Waals surface area contributed by atoms with Gasteiger partial charge in [0.25, 0.3) is 5.91 Å². The predicted molar refractivity (Wildman–Crippen MR) is 121 cm³/mol. The molecule has 1 aromatic carbocycles. The molecule has 180 valence electrons. The first kappa shape index (κ1) is 22.8. The molecule has 2 saturated heterocycles. The molecule has 2 N–H and O–H groups in total. The number of imidazole rings is 1. The van der Waals surface area contributed by atoms with Gasteiger partial charge in [0.1, 0.15) is 0 Å². The average Bonchev–Trinajstić information content (AvgIpc) is 3.28. The van der Waals surface area contributed by atoms with Crippen LogP contribution in [0.15, 0.2) is 36.5 Å². The molecule has 5 rings (SSSR count). The van der Waals surface area contributed by atoms with Crippen molar-refractivity contribution in [3.8, 4) is 0 Å². The molecular formula is C24H27F3N6O. The molecule has 2 aromatic heterocycles. The Morgan fingerprint density at radius 2 is 1.76 bits per heavy atom. The SMILES string of the molecule is O=C(c1nc2ncc(C3CCNCC3)cc2[nH]1)N1CCN(Cc2ccc(C(F)(F)F)cc2)CC1. The second-order valence-electron chi connectivity index (χ2n) is 9.01. The molecule has 0 spiro atoms. The standard InChI is InChI=1S/C24H27F3N6O/c25-24(26,27)19-3-1-16(2-4-19)15-32-9-11-33(12-10-32)23(34)22-30-20-13-18(14-29-21(20)31-22)17-5-7-28-8-6-17/h1-4,13-14,17,28H,5-12,15H2,(H,29,30,31). The zero-order valence-electron chi connectivity index (χ0n) is 18.7. The minimum Gasteiger partial charge on any atom is -0.333 e. The number of amides is 1. The third kappa shape index (κ3) is 4.92. The van der Waals surface area contributed by atoms with Gasteiger partial charge >= 0.3 is 6.18 Å². The number of pyridine rings is 1. The van der Waals surface area contributed by atoms with Gasteiger partial charge in [-0.2, -0.15) is 13.2 Å². The van der Waals surface area contributed by atoms with Crippen molar-refractivity contribution < 1.29 is 18.0 Å². The Morgan fingerprint density at radius 3 is 2.44 bits per heavy atom. The number of benzene rings is 1. The molecule has 7 nitrogen and oxygen atoms in total. The number of rotatable bonds is 4. The lowest BCUT2D eigenvalue weighted by molar-refractivity contribution is -0.137. The van der Waals surface area contributed by atoms with Crippen LogP contribution in [0.4, 0.5) is 13.2 Å². The number of nitrogens with one attached hydrogen (secondary N) is 2. The Labute approximate surface area is 195 Å². The van der Waals surface area contributed by atoms with E-state index < -0.39 is 11.7 Å². The van der Waals surface area contributed by atoms with Crippen LogP contribution < -0.4 is 5.32 Å². The van der Waals surface area contributed by atoms with Gasteiger partial charge in [-0.3, -0.25) is 9.69 Å². The van der Waals surface area contributed by atoms with Crippen LogP contribution in [0.5, 0.6) is 0 Å². The molecule has 3 aromatic rings. The molecule has 0 bridgehead atoms. The Hall–Kier alpha value is -2.98. The number of halogens is 3. The number of piperidine rings is 1. The van der Waals surface area contributed by atoms with Crippen LogP contribution in [0, 0.1) is 0 Å². The highest BCUT2D eigenvalue weighted by Gasteiger charge is 2.30. The van der Waals surface area contributed by atoms with Crippen molar-refractivity contribution in [1.29, 1.82) is 0 Å². The van der Waals surface area contributed by atoms with E-state index in [1.165, 1.54) is 17.7 Å². The molecule has 2 aliphatic heterocycles. The number of aromatic amines is 1. The summed E-state index contributed by atoms with van der Waals surface area (Å²) in [6.07, 6.45) is -0.313. The van der Waals surface area contributed by atoms with Crippen molar-refractivity contribution in [3.63, 3.8) is 0 Å². The summed E-state index contributed by atoms with van der Waals surface area (Å²) >= 11 is 0. The first-order valence-corrected chi connectivity index (χ1v) is 11.6. The van der Waals surface area contributed by atoms with Crippen LogP contribution in [0.1, 0.15) is 46.1 Å². The third-order valence-electron chi connectivity index (χ3n) is 6.72. The number of carbonyl (C=O) groups excluding carboxylic acids is 1. The predicted octanol–water partition coefficient (Wildman–Crippen LogP) is 3.40. The number of fused-ring (bicyclic) bond motifs is 1. The summed E-state index contributed by atoms with van der Waals surface area (Å²) in [4.78, 5) is 29.0. The van der Waals surface area contributed by atoms with E-state index in [0.717, 1.165) is 49.1 Å². The number of aromatic nitrogens is 3. The van der Waals surface area contributed by atoms with E-state index in [1.54, 1.807) is 4.90 Å². The van der Waals surface area contributed by atoms with Crippen LogP contribution in [-0.4, -0.2) is 69.9 Å². The van der Waals surface area contributed by atoms with Gasteiger partial charge in [0, 0.05) is 38.9 Å². The minimum absolute atomic E-state index is 0.157. The molecule has 2 aliphatic rings. The smallest absolute Gasteiger partial charge is 0.333 e. The summed E-state index contributed by atoms with van der Waals surface area (Å²) in [6, 6.07) is 7.31. The zero-order valence-corrected chi connectivity index (χ0v) is 18.7. The van der Waals surface area contributed by atoms with Crippen LogP contribution >= 0.6 is 0 Å². The van der Waals surface area contributed by atoms with E-state index in [0.29, 0.717) is 50.1 Å². The summed E-state index contributed by atoms with van der Waals surface area (Å²) < 4.78 is 38.2. The van der Waals surface area contributed by atoms with E-state index in [-0.39, 0.29) is 5.91 Å². The number of nitrogens with zero attached hydrogens (tertiary/aromatic N) is 4. The van der Waals surface area contributed by atoms with E-state index in [1.807, 2.05) is 6.20 Å². The maximum Gasteiger partial charge on any atom is 0.416 e.